The van der Waals surface area contributed by atoms with Gasteiger partial charge in [-0.1, -0.05) is 37.0 Å². The smallest absolute Gasteiger partial charge is 0.410 e. The predicted molar refractivity (Wildman–Crippen MR) is 114 cm³/mol. The van der Waals surface area contributed by atoms with Crippen molar-refractivity contribution in [2.75, 3.05) is 19.7 Å². The minimum absolute atomic E-state index is 0.167. The first-order chi connectivity index (χ1) is 14.7. The highest BCUT2D eigenvalue weighted by molar-refractivity contribution is 5.71. The fraction of sp³-hybridized carbons (Fsp3) is 0.480. The van der Waals surface area contributed by atoms with Crippen LogP contribution in [0, 0.1) is 35.4 Å². The number of carbonyl (C=O) groups excluding carboxylic acids is 1. The van der Waals surface area contributed by atoms with E-state index < -0.39 is 0 Å². The van der Waals surface area contributed by atoms with E-state index in [0.29, 0.717) is 25.0 Å². The number of nitrogens with zero attached hydrogens (tertiary/aromatic N) is 1. The molecule has 0 spiro atoms. The number of ether oxygens (including phenoxy) is 1. The van der Waals surface area contributed by atoms with Crippen LogP contribution in [0.2, 0.25) is 0 Å². The highest BCUT2D eigenvalue weighted by Gasteiger charge is 2.47. The van der Waals surface area contributed by atoms with E-state index >= 15 is 0 Å². The Morgan fingerprint density at radius 1 is 1.17 bits per heavy atom. The molecule has 1 N–H and O–H groups in total. The summed E-state index contributed by atoms with van der Waals surface area (Å²) in [7, 11) is 0. The van der Waals surface area contributed by atoms with Gasteiger partial charge in [-0.15, -0.1) is 0 Å². The zero-order valence-electron chi connectivity index (χ0n) is 17.1. The zero-order chi connectivity index (χ0) is 20.5. The molecule has 5 heteroatoms. The van der Waals surface area contributed by atoms with Gasteiger partial charge in [0.15, 0.2) is 0 Å². The van der Waals surface area contributed by atoms with Crippen LogP contribution in [0.5, 0.6) is 0 Å². The number of dihydropyridines is 1. The van der Waals surface area contributed by atoms with E-state index in [1.807, 2.05) is 23.1 Å². The Balaban J connectivity index is 1.38. The summed E-state index contributed by atoms with van der Waals surface area (Å²) >= 11 is 0. The summed E-state index contributed by atoms with van der Waals surface area (Å²) in [5.41, 5.74) is 2.82. The van der Waals surface area contributed by atoms with E-state index in [4.69, 9.17) is 4.74 Å². The predicted octanol–water partition coefficient (Wildman–Crippen LogP) is 4.35. The average Bonchev–Trinajstić information content (AvgIpc) is 2.78. The maximum Gasteiger partial charge on any atom is 0.410 e. The van der Waals surface area contributed by atoms with Gasteiger partial charge in [0, 0.05) is 25.4 Å². The lowest BCUT2D eigenvalue weighted by molar-refractivity contribution is -0.0319. The molecule has 5 rings (SSSR count). The summed E-state index contributed by atoms with van der Waals surface area (Å²) in [5, 5.41) is 3.37. The number of cyclic esters (lactones) is 1. The van der Waals surface area contributed by atoms with Crippen LogP contribution in [0.3, 0.4) is 0 Å². The number of piperidine rings is 1. The van der Waals surface area contributed by atoms with Crippen LogP contribution in [-0.4, -0.2) is 36.7 Å². The van der Waals surface area contributed by atoms with Gasteiger partial charge in [-0.2, -0.15) is 0 Å². The van der Waals surface area contributed by atoms with Gasteiger partial charge in [0.2, 0.25) is 0 Å². The Labute approximate surface area is 177 Å². The lowest BCUT2D eigenvalue weighted by Gasteiger charge is -2.50. The van der Waals surface area contributed by atoms with E-state index in [-0.39, 0.29) is 23.9 Å². The van der Waals surface area contributed by atoms with E-state index in [9.17, 15) is 9.18 Å². The molecule has 4 aliphatic rings. The number of nitrogens with one attached hydrogen (secondary N) is 1. The number of hydrogen-bond acceptors (Lipinski definition) is 3. The first-order valence-corrected chi connectivity index (χ1v) is 11.0. The molecule has 3 aliphatic heterocycles. The van der Waals surface area contributed by atoms with E-state index in [1.54, 1.807) is 12.1 Å². The summed E-state index contributed by atoms with van der Waals surface area (Å²) in [6.07, 6.45) is 9.59. The number of benzene rings is 1. The van der Waals surface area contributed by atoms with Gasteiger partial charge < -0.3 is 15.0 Å². The minimum atomic E-state index is -0.224. The van der Waals surface area contributed by atoms with Crippen molar-refractivity contribution >= 4 is 11.7 Å². The average molecular weight is 407 g/mol. The second-order valence-electron chi connectivity index (χ2n) is 8.76. The van der Waals surface area contributed by atoms with Gasteiger partial charge >= 0.3 is 6.09 Å². The molecule has 1 saturated carbocycles. The topological polar surface area (TPSA) is 41.6 Å². The molecule has 1 aromatic carbocycles. The molecule has 156 valence electrons. The lowest BCUT2D eigenvalue weighted by atomic mass is 9.66. The Morgan fingerprint density at radius 2 is 2.07 bits per heavy atom. The van der Waals surface area contributed by atoms with E-state index in [2.05, 4.69) is 17.2 Å². The highest BCUT2D eigenvalue weighted by Crippen LogP contribution is 2.44. The Kier molecular flexibility index (Phi) is 5.25. The largest absolute Gasteiger partial charge is 0.449 e. The third kappa shape index (κ3) is 3.71. The maximum absolute atomic E-state index is 13.5. The molecule has 1 amide bonds. The molecule has 0 aromatic heterocycles. The van der Waals surface area contributed by atoms with Crippen molar-refractivity contribution in [3.05, 3.63) is 53.5 Å². The van der Waals surface area contributed by atoms with Crippen LogP contribution in [-0.2, 0) is 4.74 Å². The zero-order valence-corrected chi connectivity index (χ0v) is 17.1. The highest BCUT2D eigenvalue weighted by atomic mass is 19.1. The standard InChI is InChI=1S/C25H27FN2O2/c26-20-6-3-5-17(14-20)18-8-9-21(27-15-18)10-11-23-22-7-2-1-4-19(22)16-28-24(23)12-13-30-25(28)29/h3,5-6,8-9,14,19,22-24,27H,1-2,4,7,12-13,15-16H2/t19?,22?,23?,24-/m1/s1. The van der Waals surface area contributed by atoms with Crippen molar-refractivity contribution < 1.29 is 13.9 Å². The molecule has 1 aromatic rings. The second kappa shape index (κ2) is 8.18. The van der Waals surface area contributed by atoms with Crippen LogP contribution in [0.4, 0.5) is 9.18 Å². The molecular weight excluding hydrogens is 379 g/mol. The summed E-state index contributed by atoms with van der Waals surface area (Å²) in [6.45, 7) is 1.95. The third-order valence-corrected chi connectivity index (χ3v) is 7.04. The minimum Gasteiger partial charge on any atom is -0.449 e. The quantitative estimate of drug-likeness (QED) is 0.705. The number of fused-ring (bicyclic) bond motifs is 2. The molecule has 3 heterocycles. The number of allylic oxidation sites excluding steroid dienone is 3. The summed E-state index contributed by atoms with van der Waals surface area (Å²) in [4.78, 5) is 14.3. The van der Waals surface area contributed by atoms with Crippen LogP contribution in [0.15, 0.2) is 42.1 Å². The fourth-order valence-corrected chi connectivity index (χ4v) is 5.53. The maximum atomic E-state index is 13.5. The lowest BCUT2D eigenvalue weighted by Crippen LogP contribution is -2.58. The van der Waals surface area contributed by atoms with Crippen molar-refractivity contribution in [1.82, 2.24) is 10.2 Å². The van der Waals surface area contributed by atoms with Gasteiger partial charge in [0.25, 0.3) is 0 Å². The molecule has 4 nitrogen and oxygen atoms in total. The van der Waals surface area contributed by atoms with Gasteiger partial charge in [-0.05, 0) is 59.9 Å². The van der Waals surface area contributed by atoms with Crippen LogP contribution in [0.25, 0.3) is 5.57 Å². The van der Waals surface area contributed by atoms with Crippen molar-refractivity contribution in [2.45, 2.75) is 38.1 Å². The van der Waals surface area contributed by atoms with E-state index in [1.165, 1.54) is 31.7 Å². The first kappa shape index (κ1) is 19.2. The number of rotatable bonds is 1. The molecule has 0 bridgehead atoms. The summed E-state index contributed by atoms with van der Waals surface area (Å²) < 4.78 is 18.8. The number of halogens is 1. The SMILES string of the molecule is O=C1OCC[C@@H]2C(C#CC3=CC=C(c4cccc(F)c4)CN3)C3CCCCC3CN12. The first-order valence-electron chi connectivity index (χ1n) is 11.0. The van der Waals surface area contributed by atoms with Crippen molar-refractivity contribution in [2.24, 2.45) is 17.8 Å². The summed E-state index contributed by atoms with van der Waals surface area (Å²) in [6, 6.07) is 6.83. The van der Waals surface area contributed by atoms with Gasteiger partial charge in [0.1, 0.15) is 5.82 Å². The molecule has 0 radical (unpaired) electrons. The van der Waals surface area contributed by atoms with E-state index in [0.717, 1.165) is 29.8 Å². The molecule has 4 atom stereocenters. The molecule has 1 aliphatic carbocycles. The van der Waals surface area contributed by atoms with Crippen molar-refractivity contribution in [3.63, 3.8) is 0 Å². The molecule has 3 unspecified atom stereocenters. The molecule has 3 fully saturated rings. The van der Waals surface area contributed by atoms with Gasteiger partial charge in [-0.25, -0.2) is 9.18 Å². The fourth-order valence-electron chi connectivity index (χ4n) is 5.53. The van der Waals surface area contributed by atoms with Crippen molar-refractivity contribution in [1.29, 1.82) is 0 Å². The summed E-state index contributed by atoms with van der Waals surface area (Å²) in [5.74, 6) is 8.00. The van der Waals surface area contributed by atoms with Crippen LogP contribution in [0.1, 0.15) is 37.7 Å². The molecular formula is C25H27FN2O2. The molecule has 2 saturated heterocycles. The third-order valence-electron chi connectivity index (χ3n) is 7.04. The Bertz CT molecular complexity index is 957. The number of carbonyl (C=O) groups is 1. The van der Waals surface area contributed by atoms with Gasteiger partial charge in [-0.3, -0.25) is 0 Å². The monoisotopic (exact) mass is 406 g/mol. The van der Waals surface area contributed by atoms with Gasteiger partial charge in [0.05, 0.1) is 18.3 Å². The number of amides is 1. The second-order valence-corrected chi connectivity index (χ2v) is 8.76. The Morgan fingerprint density at radius 3 is 2.90 bits per heavy atom. The van der Waals surface area contributed by atoms with Crippen molar-refractivity contribution in [3.8, 4) is 11.8 Å². The number of hydrogen-bond donors (Lipinski definition) is 1. The van der Waals surface area contributed by atoms with Crippen LogP contribution < -0.4 is 5.32 Å². The van der Waals surface area contributed by atoms with Crippen LogP contribution >= 0.6 is 0 Å². The molecule has 30 heavy (non-hydrogen) atoms. The Hall–Kier alpha value is -2.74. The normalized spacial score (nSPS) is 30.4.